The summed E-state index contributed by atoms with van der Waals surface area (Å²) in [6.45, 7) is 4.69. The lowest BCUT2D eigenvalue weighted by Crippen LogP contribution is -2.43. The van der Waals surface area contributed by atoms with E-state index in [2.05, 4.69) is 24.5 Å². The van der Waals surface area contributed by atoms with Gasteiger partial charge in [-0.3, -0.25) is 9.59 Å². The number of ether oxygens (including phenoxy) is 2. The number of urea groups is 1. The Balaban J connectivity index is 1.31. The largest absolute Gasteiger partial charge is 0.486 e. The minimum Gasteiger partial charge on any atom is -0.486 e. The van der Waals surface area contributed by atoms with Gasteiger partial charge in [0.05, 0.1) is 18.7 Å². The standard InChI is InChI=1S/C23H25N3O5/c1-14(2)15-7-9-16(10-8-15)26-22(28)18(25-23(26)29)11-21(27)24-12-17-13-30-19-5-3-4-6-20(19)31-17/h3-10,14,17-18H,11-13H2,1-2H3,(H,24,27)(H,25,29)/t17-,18-/m0/s1. The fraction of sp³-hybridized carbons (Fsp3) is 0.348. The molecular formula is C23H25N3O5. The van der Waals surface area contributed by atoms with Crippen LogP contribution in [0.5, 0.6) is 11.5 Å². The van der Waals surface area contributed by atoms with Crippen molar-refractivity contribution in [2.45, 2.75) is 38.3 Å². The number of carbonyl (C=O) groups excluding carboxylic acids is 3. The molecule has 2 heterocycles. The van der Waals surface area contributed by atoms with Crippen LogP contribution in [-0.2, 0) is 9.59 Å². The first-order chi connectivity index (χ1) is 14.9. The molecule has 8 nitrogen and oxygen atoms in total. The number of anilines is 1. The molecule has 0 bridgehead atoms. The number of imide groups is 1. The highest BCUT2D eigenvalue weighted by Crippen LogP contribution is 2.30. The van der Waals surface area contributed by atoms with E-state index in [1.54, 1.807) is 18.2 Å². The fourth-order valence-electron chi connectivity index (χ4n) is 3.57. The molecule has 162 valence electrons. The Labute approximate surface area is 180 Å². The van der Waals surface area contributed by atoms with Gasteiger partial charge in [-0.2, -0.15) is 0 Å². The fourth-order valence-corrected chi connectivity index (χ4v) is 3.57. The third-order valence-corrected chi connectivity index (χ3v) is 5.32. The molecule has 4 rings (SSSR count). The van der Waals surface area contributed by atoms with Gasteiger partial charge in [-0.15, -0.1) is 0 Å². The first-order valence-corrected chi connectivity index (χ1v) is 10.3. The molecule has 2 N–H and O–H groups in total. The molecule has 0 unspecified atom stereocenters. The first-order valence-electron chi connectivity index (χ1n) is 10.3. The van der Waals surface area contributed by atoms with Crippen LogP contribution in [0.25, 0.3) is 0 Å². The maximum Gasteiger partial charge on any atom is 0.329 e. The molecule has 0 spiro atoms. The molecule has 0 radical (unpaired) electrons. The van der Waals surface area contributed by atoms with E-state index in [4.69, 9.17) is 9.47 Å². The summed E-state index contributed by atoms with van der Waals surface area (Å²) in [5.74, 6) is 0.860. The summed E-state index contributed by atoms with van der Waals surface area (Å²) in [5.41, 5.74) is 1.60. The summed E-state index contributed by atoms with van der Waals surface area (Å²) < 4.78 is 11.4. The molecule has 4 amide bonds. The van der Waals surface area contributed by atoms with Crippen LogP contribution >= 0.6 is 0 Å². The number of hydrogen-bond donors (Lipinski definition) is 2. The number of benzene rings is 2. The highest BCUT2D eigenvalue weighted by Gasteiger charge is 2.40. The van der Waals surface area contributed by atoms with Crippen LogP contribution in [0.3, 0.4) is 0 Å². The predicted octanol–water partition coefficient (Wildman–Crippen LogP) is 2.58. The molecule has 1 saturated heterocycles. The average molecular weight is 423 g/mol. The van der Waals surface area contributed by atoms with E-state index in [1.165, 1.54) is 0 Å². The molecule has 31 heavy (non-hydrogen) atoms. The Bertz CT molecular complexity index is 989. The number of nitrogens with one attached hydrogen (secondary N) is 2. The molecular weight excluding hydrogens is 398 g/mol. The Hall–Kier alpha value is -3.55. The zero-order chi connectivity index (χ0) is 22.0. The third-order valence-electron chi connectivity index (χ3n) is 5.32. The van der Waals surface area contributed by atoms with Gasteiger partial charge in [0.25, 0.3) is 5.91 Å². The van der Waals surface area contributed by atoms with Crippen molar-refractivity contribution in [3.63, 3.8) is 0 Å². The van der Waals surface area contributed by atoms with Crippen LogP contribution in [0.4, 0.5) is 10.5 Å². The summed E-state index contributed by atoms with van der Waals surface area (Å²) in [6.07, 6.45) is -0.473. The van der Waals surface area contributed by atoms with Gasteiger partial charge >= 0.3 is 6.03 Å². The van der Waals surface area contributed by atoms with Gasteiger partial charge in [0.2, 0.25) is 5.91 Å². The zero-order valence-electron chi connectivity index (χ0n) is 17.5. The first kappa shape index (κ1) is 20.7. The minimum atomic E-state index is -0.901. The monoisotopic (exact) mass is 423 g/mol. The van der Waals surface area contributed by atoms with Gasteiger partial charge in [0.1, 0.15) is 18.8 Å². The number of carbonyl (C=O) groups is 3. The van der Waals surface area contributed by atoms with E-state index in [0.717, 1.165) is 10.5 Å². The van der Waals surface area contributed by atoms with E-state index in [0.29, 0.717) is 29.7 Å². The highest BCUT2D eigenvalue weighted by molar-refractivity contribution is 6.22. The summed E-state index contributed by atoms with van der Waals surface area (Å²) in [4.78, 5) is 38.5. The maximum absolute atomic E-state index is 12.7. The lowest BCUT2D eigenvalue weighted by Gasteiger charge is -2.26. The summed E-state index contributed by atoms with van der Waals surface area (Å²) in [6, 6.07) is 13.2. The summed E-state index contributed by atoms with van der Waals surface area (Å²) in [5, 5.41) is 5.35. The number of rotatable bonds is 6. The molecule has 1 fully saturated rings. The highest BCUT2D eigenvalue weighted by atomic mass is 16.6. The van der Waals surface area contributed by atoms with E-state index < -0.39 is 18.0 Å². The normalized spacial score (nSPS) is 20.0. The maximum atomic E-state index is 12.7. The topological polar surface area (TPSA) is 97.0 Å². The van der Waals surface area contributed by atoms with Crippen molar-refractivity contribution < 1.29 is 23.9 Å². The van der Waals surface area contributed by atoms with Gasteiger partial charge in [0.15, 0.2) is 11.5 Å². The van der Waals surface area contributed by atoms with Gasteiger partial charge in [-0.25, -0.2) is 9.69 Å². The zero-order valence-corrected chi connectivity index (χ0v) is 17.5. The molecule has 2 aliphatic heterocycles. The molecule has 8 heteroatoms. The number of nitrogens with zero attached hydrogens (tertiary/aromatic N) is 1. The lowest BCUT2D eigenvalue weighted by molar-refractivity contribution is -0.125. The van der Waals surface area contributed by atoms with Gasteiger partial charge in [0, 0.05) is 0 Å². The van der Waals surface area contributed by atoms with Crippen molar-refractivity contribution in [1.82, 2.24) is 10.6 Å². The average Bonchev–Trinajstić information content (AvgIpc) is 3.04. The summed E-state index contributed by atoms with van der Waals surface area (Å²) in [7, 11) is 0. The lowest BCUT2D eigenvalue weighted by atomic mass is 10.0. The minimum absolute atomic E-state index is 0.144. The smallest absolute Gasteiger partial charge is 0.329 e. The van der Waals surface area contributed by atoms with Crippen LogP contribution < -0.4 is 25.0 Å². The predicted molar refractivity (Wildman–Crippen MR) is 114 cm³/mol. The molecule has 2 aromatic rings. The van der Waals surface area contributed by atoms with Crippen LogP contribution in [0.1, 0.15) is 31.7 Å². The van der Waals surface area contributed by atoms with Crippen molar-refractivity contribution >= 4 is 23.5 Å². The second-order valence-corrected chi connectivity index (χ2v) is 7.93. The molecule has 0 saturated carbocycles. The van der Waals surface area contributed by atoms with Crippen molar-refractivity contribution in [3.05, 3.63) is 54.1 Å². The molecule has 2 atom stereocenters. The Morgan fingerprint density at radius 1 is 1.13 bits per heavy atom. The van der Waals surface area contributed by atoms with Crippen molar-refractivity contribution in [2.75, 3.05) is 18.1 Å². The van der Waals surface area contributed by atoms with Crippen molar-refractivity contribution in [2.24, 2.45) is 0 Å². The number of fused-ring (bicyclic) bond motifs is 1. The Kier molecular flexibility index (Phi) is 5.79. The molecule has 2 aromatic carbocycles. The number of amides is 4. The number of hydrogen-bond acceptors (Lipinski definition) is 5. The Morgan fingerprint density at radius 2 is 1.84 bits per heavy atom. The van der Waals surface area contributed by atoms with Gasteiger partial charge < -0.3 is 20.1 Å². The molecule has 2 aliphatic rings. The SMILES string of the molecule is CC(C)c1ccc(N2C(=O)N[C@@H](CC(=O)NC[C@H]3COc4ccccc4O3)C2=O)cc1. The molecule has 0 aliphatic carbocycles. The van der Waals surface area contributed by atoms with Gasteiger partial charge in [-0.1, -0.05) is 38.1 Å². The van der Waals surface area contributed by atoms with Crippen molar-refractivity contribution in [1.29, 1.82) is 0 Å². The van der Waals surface area contributed by atoms with E-state index >= 15 is 0 Å². The van der Waals surface area contributed by atoms with Crippen molar-refractivity contribution in [3.8, 4) is 11.5 Å². The Morgan fingerprint density at radius 3 is 2.55 bits per heavy atom. The number of para-hydroxylation sites is 2. The third kappa shape index (κ3) is 4.47. The van der Waals surface area contributed by atoms with E-state index in [1.807, 2.05) is 30.3 Å². The van der Waals surface area contributed by atoms with E-state index in [9.17, 15) is 14.4 Å². The van der Waals surface area contributed by atoms with Crippen LogP contribution in [0, 0.1) is 0 Å². The summed E-state index contributed by atoms with van der Waals surface area (Å²) >= 11 is 0. The second-order valence-electron chi connectivity index (χ2n) is 7.93. The van der Waals surface area contributed by atoms with Crippen LogP contribution in [-0.4, -0.2) is 43.1 Å². The van der Waals surface area contributed by atoms with E-state index in [-0.39, 0.29) is 25.0 Å². The van der Waals surface area contributed by atoms with Crippen LogP contribution in [0.2, 0.25) is 0 Å². The molecule has 0 aromatic heterocycles. The van der Waals surface area contributed by atoms with Gasteiger partial charge in [-0.05, 0) is 35.7 Å². The second kappa shape index (κ2) is 8.67. The quantitative estimate of drug-likeness (QED) is 0.696. The van der Waals surface area contributed by atoms with Crippen LogP contribution in [0.15, 0.2) is 48.5 Å².